The normalized spacial score (nSPS) is 15.4. The Balaban J connectivity index is 1.90. The maximum Gasteiger partial charge on any atom is 0.263 e. The average Bonchev–Trinajstić information content (AvgIpc) is 2.84. The maximum atomic E-state index is 12.7. The Hall–Kier alpha value is -2.48. The van der Waals surface area contributed by atoms with Crippen molar-refractivity contribution in [3.05, 3.63) is 45.9 Å². The summed E-state index contributed by atoms with van der Waals surface area (Å²) in [7, 11) is 1.64. The first-order valence-electron chi connectivity index (χ1n) is 9.06. The highest BCUT2D eigenvalue weighted by atomic mass is 16.2. The highest BCUT2D eigenvalue weighted by Gasteiger charge is 2.25. The summed E-state index contributed by atoms with van der Waals surface area (Å²) >= 11 is 0. The van der Waals surface area contributed by atoms with Gasteiger partial charge in [0.15, 0.2) is 5.82 Å². The minimum atomic E-state index is -0.374. The minimum Gasteiger partial charge on any atom is -0.342 e. The summed E-state index contributed by atoms with van der Waals surface area (Å²) in [5.74, 6) is 1.68. The van der Waals surface area contributed by atoms with Crippen molar-refractivity contribution >= 4 is 5.91 Å². The van der Waals surface area contributed by atoms with Crippen LogP contribution in [0.25, 0.3) is 0 Å². The number of carbonyl (C=O) groups excluding carboxylic acids is 1. The zero-order valence-electron chi connectivity index (χ0n) is 15.5. The van der Waals surface area contributed by atoms with Gasteiger partial charge < -0.3 is 19.8 Å². The highest BCUT2D eigenvalue weighted by Crippen LogP contribution is 2.22. The van der Waals surface area contributed by atoms with Crippen LogP contribution in [0, 0.1) is 5.92 Å². The summed E-state index contributed by atoms with van der Waals surface area (Å²) in [6.45, 7) is 6.69. The number of hydrogen-bond donors (Lipinski definition) is 2. The first-order chi connectivity index (χ1) is 12.5. The zero-order valence-corrected chi connectivity index (χ0v) is 15.5. The standard InChI is InChI=1S/C18H26N6O2/c1-12(2)11-14(16-22-21-15-6-7-19-8-10-24(15)16)20-17(25)13-5-4-9-23(3)18(13)26/h4-5,9,12,14,19H,6-8,10-11H2,1-3H3,(H,20,25). The largest absolute Gasteiger partial charge is 0.342 e. The molecule has 8 heteroatoms. The second-order valence-electron chi connectivity index (χ2n) is 7.12. The topological polar surface area (TPSA) is 93.8 Å². The molecule has 0 saturated carbocycles. The Labute approximate surface area is 152 Å². The molecule has 140 valence electrons. The van der Waals surface area contributed by atoms with Gasteiger partial charge in [-0.25, -0.2) is 0 Å². The second-order valence-corrected chi connectivity index (χ2v) is 7.12. The van der Waals surface area contributed by atoms with E-state index in [-0.39, 0.29) is 23.1 Å². The lowest BCUT2D eigenvalue weighted by atomic mass is 10.0. The molecule has 1 aliphatic rings. The molecule has 0 fully saturated rings. The first kappa shape index (κ1) is 18.3. The Morgan fingerprint density at radius 3 is 2.92 bits per heavy atom. The molecule has 2 aromatic rings. The predicted molar refractivity (Wildman–Crippen MR) is 97.9 cm³/mol. The van der Waals surface area contributed by atoms with Gasteiger partial charge >= 0.3 is 0 Å². The molecule has 3 rings (SSSR count). The second kappa shape index (κ2) is 7.82. The highest BCUT2D eigenvalue weighted by molar-refractivity contribution is 5.94. The number of nitrogens with zero attached hydrogens (tertiary/aromatic N) is 4. The van der Waals surface area contributed by atoms with Gasteiger partial charge in [-0.3, -0.25) is 9.59 Å². The van der Waals surface area contributed by atoms with Crippen molar-refractivity contribution in [3.63, 3.8) is 0 Å². The van der Waals surface area contributed by atoms with Crippen LogP contribution in [-0.2, 0) is 20.0 Å². The van der Waals surface area contributed by atoms with Gasteiger partial charge in [-0.15, -0.1) is 10.2 Å². The van der Waals surface area contributed by atoms with Gasteiger partial charge in [0.2, 0.25) is 0 Å². The number of fused-ring (bicyclic) bond motifs is 1. The number of nitrogens with one attached hydrogen (secondary N) is 2. The van der Waals surface area contributed by atoms with E-state index in [1.54, 1.807) is 25.4 Å². The fourth-order valence-corrected chi connectivity index (χ4v) is 3.26. The Morgan fingerprint density at radius 2 is 2.15 bits per heavy atom. The van der Waals surface area contributed by atoms with E-state index in [0.29, 0.717) is 5.92 Å². The molecule has 0 radical (unpaired) electrons. The minimum absolute atomic E-state index is 0.140. The number of carbonyl (C=O) groups is 1. The Bertz CT molecular complexity index is 838. The van der Waals surface area contributed by atoms with Crippen LogP contribution in [-0.4, -0.2) is 38.3 Å². The fourth-order valence-electron chi connectivity index (χ4n) is 3.26. The molecule has 1 atom stereocenters. The molecule has 1 amide bonds. The van der Waals surface area contributed by atoms with E-state index in [9.17, 15) is 9.59 Å². The molecule has 0 aromatic carbocycles. The quantitative estimate of drug-likeness (QED) is 0.818. The van der Waals surface area contributed by atoms with Crippen molar-refractivity contribution in [2.24, 2.45) is 13.0 Å². The molecule has 2 aromatic heterocycles. The van der Waals surface area contributed by atoms with Crippen LogP contribution in [0.4, 0.5) is 0 Å². The van der Waals surface area contributed by atoms with Crippen molar-refractivity contribution in [3.8, 4) is 0 Å². The lowest BCUT2D eigenvalue weighted by Gasteiger charge is -2.21. The van der Waals surface area contributed by atoms with Crippen molar-refractivity contribution in [1.82, 2.24) is 30.0 Å². The molecule has 3 heterocycles. The number of pyridine rings is 1. The smallest absolute Gasteiger partial charge is 0.263 e. The van der Waals surface area contributed by atoms with Crippen molar-refractivity contribution < 1.29 is 4.79 Å². The number of rotatable bonds is 5. The van der Waals surface area contributed by atoms with Gasteiger partial charge in [0.05, 0.1) is 6.04 Å². The van der Waals surface area contributed by atoms with Crippen LogP contribution in [0.1, 0.15) is 48.3 Å². The number of hydrogen-bond acceptors (Lipinski definition) is 5. The van der Waals surface area contributed by atoms with E-state index in [0.717, 1.165) is 44.1 Å². The van der Waals surface area contributed by atoms with E-state index in [4.69, 9.17) is 0 Å². The Morgan fingerprint density at radius 1 is 1.35 bits per heavy atom. The summed E-state index contributed by atoms with van der Waals surface area (Å²) in [5, 5.41) is 15.0. The number of amides is 1. The van der Waals surface area contributed by atoms with Crippen LogP contribution in [0.5, 0.6) is 0 Å². The SMILES string of the molecule is CC(C)CC(NC(=O)c1cccn(C)c1=O)c1nnc2n1CCNCC2. The van der Waals surface area contributed by atoms with Gasteiger partial charge in [-0.05, 0) is 24.5 Å². The summed E-state index contributed by atoms with van der Waals surface area (Å²) in [6.07, 6.45) is 3.18. The molecule has 0 saturated heterocycles. The third-order valence-corrected chi connectivity index (χ3v) is 4.59. The number of aromatic nitrogens is 4. The molecule has 0 spiro atoms. The molecule has 1 aliphatic heterocycles. The van der Waals surface area contributed by atoms with Crippen LogP contribution < -0.4 is 16.2 Å². The van der Waals surface area contributed by atoms with Gasteiger partial charge in [0.1, 0.15) is 11.4 Å². The summed E-state index contributed by atoms with van der Waals surface area (Å²) in [6, 6.07) is 2.97. The fraction of sp³-hybridized carbons (Fsp3) is 0.556. The molecule has 0 bridgehead atoms. The summed E-state index contributed by atoms with van der Waals surface area (Å²) < 4.78 is 3.50. The molecule has 0 aliphatic carbocycles. The van der Waals surface area contributed by atoms with Gasteiger partial charge in [0.25, 0.3) is 11.5 Å². The third-order valence-electron chi connectivity index (χ3n) is 4.59. The van der Waals surface area contributed by atoms with Crippen LogP contribution in [0.15, 0.2) is 23.1 Å². The molecule has 2 N–H and O–H groups in total. The summed E-state index contributed by atoms with van der Waals surface area (Å²) in [5.41, 5.74) is -0.168. The van der Waals surface area contributed by atoms with Gasteiger partial charge in [0, 0.05) is 39.3 Å². The lowest BCUT2D eigenvalue weighted by molar-refractivity contribution is 0.0927. The monoisotopic (exact) mass is 358 g/mol. The zero-order chi connectivity index (χ0) is 18.7. The van der Waals surface area contributed by atoms with E-state index in [1.807, 2.05) is 0 Å². The predicted octanol–water partition coefficient (Wildman–Crippen LogP) is 0.640. The molecular formula is C18H26N6O2. The molecule has 8 nitrogen and oxygen atoms in total. The van der Waals surface area contributed by atoms with Gasteiger partial charge in [-0.2, -0.15) is 0 Å². The third kappa shape index (κ3) is 3.85. The average molecular weight is 358 g/mol. The van der Waals surface area contributed by atoms with Crippen molar-refractivity contribution in [2.75, 3.05) is 13.1 Å². The van der Waals surface area contributed by atoms with E-state index >= 15 is 0 Å². The number of aryl methyl sites for hydroxylation is 1. The summed E-state index contributed by atoms with van der Waals surface area (Å²) in [4.78, 5) is 25.0. The molecular weight excluding hydrogens is 332 g/mol. The molecule has 1 unspecified atom stereocenters. The Kier molecular flexibility index (Phi) is 5.51. The van der Waals surface area contributed by atoms with E-state index < -0.39 is 0 Å². The van der Waals surface area contributed by atoms with Crippen LogP contribution in [0.3, 0.4) is 0 Å². The van der Waals surface area contributed by atoms with Gasteiger partial charge in [-0.1, -0.05) is 13.8 Å². The first-order valence-corrected chi connectivity index (χ1v) is 9.06. The van der Waals surface area contributed by atoms with Crippen LogP contribution in [0.2, 0.25) is 0 Å². The molecule has 26 heavy (non-hydrogen) atoms. The maximum absolute atomic E-state index is 12.7. The van der Waals surface area contributed by atoms with Crippen LogP contribution >= 0.6 is 0 Å². The van der Waals surface area contributed by atoms with Crippen molar-refractivity contribution in [1.29, 1.82) is 0 Å². The lowest BCUT2D eigenvalue weighted by Crippen LogP contribution is -2.36. The van der Waals surface area contributed by atoms with E-state index in [1.165, 1.54) is 4.57 Å². The van der Waals surface area contributed by atoms with Crippen molar-refractivity contribution in [2.45, 2.75) is 39.3 Å². The van der Waals surface area contributed by atoms with E-state index in [2.05, 4.69) is 39.2 Å².